The highest BCUT2D eigenvalue weighted by Crippen LogP contribution is 2.27. The van der Waals surface area contributed by atoms with Crippen LogP contribution in [0.5, 0.6) is 0 Å². The molecule has 4 heteroatoms. The molecule has 2 N–H and O–H groups in total. The van der Waals surface area contributed by atoms with Crippen LogP contribution in [-0.2, 0) is 0 Å². The first kappa shape index (κ1) is 16.5. The van der Waals surface area contributed by atoms with Crippen LogP contribution in [0.25, 0.3) is 0 Å². The van der Waals surface area contributed by atoms with Gasteiger partial charge in [-0.2, -0.15) is 0 Å². The van der Waals surface area contributed by atoms with Crippen molar-refractivity contribution >= 4 is 37.5 Å². The van der Waals surface area contributed by atoms with Crippen molar-refractivity contribution in [3.05, 3.63) is 62.5 Å². The van der Waals surface area contributed by atoms with Crippen LogP contribution >= 0.6 is 31.9 Å². The lowest BCUT2D eigenvalue weighted by atomic mass is 10.00. The molecule has 2 aromatic rings. The summed E-state index contributed by atoms with van der Waals surface area (Å²) in [5.41, 5.74) is 3.19. The van der Waals surface area contributed by atoms with E-state index in [0.717, 1.165) is 20.2 Å². The average molecular weight is 413 g/mol. The van der Waals surface area contributed by atoms with Gasteiger partial charge in [-0.3, -0.25) is 0 Å². The Balaban J connectivity index is 1.99. The van der Waals surface area contributed by atoms with Gasteiger partial charge >= 0.3 is 0 Å². The SMILES string of the molecule is CC(C)c1ccc(C(O)CNc2ccc(Br)cc2Br)cc1. The molecule has 0 amide bonds. The highest BCUT2D eigenvalue weighted by atomic mass is 79.9. The smallest absolute Gasteiger partial charge is 0.0962 e. The summed E-state index contributed by atoms with van der Waals surface area (Å²) in [6.07, 6.45) is -0.526. The van der Waals surface area contributed by atoms with Gasteiger partial charge in [0.15, 0.2) is 0 Å². The third-order valence-electron chi connectivity index (χ3n) is 3.40. The fourth-order valence-electron chi connectivity index (χ4n) is 2.06. The molecule has 2 nitrogen and oxygen atoms in total. The Hall–Kier alpha value is -0.840. The Morgan fingerprint density at radius 1 is 1.00 bits per heavy atom. The van der Waals surface area contributed by atoms with E-state index in [9.17, 15) is 5.11 Å². The first-order chi connectivity index (χ1) is 9.97. The maximum atomic E-state index is 10.3. The molecule has 2 rings (SSSR count). The van der Waals surface area contributed by atoms with Crippen molar-refractivity contribution in [3.63, 3.8) is 0 Å². The molecule has 0 spiro atoms. The third-order valence-corrected chi connectivity index (χ3v) is 4.55. The minimum Gasteiger partial charge on any atom is -0.387 e. The predicted molar refractivity (Wildman–Crippen MR) is 95.8 cm³/mol. The normalized spacial score (nSPS) is 12.5. The lowest BCUT2D eigenvalue weighted by Crippen LogP contribution is -2.12. The fraction of sp³-hybridized carbons (Fsp3) is 0.294. The first-order valence-corrected chi connectivity index (χ1v) is 8.53. The van der Waals surface area contributed by atoms with Gasteiger partial charge in [-0.15, -0.1) is 0 Å². The van der Waals surface area contributed by atoms with Crippen LogP contribution in [0.15, 0.2) is 51.4 Å². The molecule has 21 heavy (non-hydrogen) atoms. The summed E-state index contributed by atoms with van der Waals surface area (Å²) < 4.78 is 1.99. The summed E-state index contributed by atoms with van der Waals surface area (Å²) in [5.74, 6) is 0.507. The second-order valence-corrected chi connectivity index (χ2v) is 7.11. The molecule has 0 fully saturated rings. The molecule has 0 bridgehead atoms. The predicted octanol–water partition coefficient (Wildman–Crippen LogP) is 5.48. The Labute approximate surface area is 142 Å². The summed E-state index contributed by atoms with van der Waals surface area (Å²) in [4.78, 5) is 0. The van der Waals surface area contributed by atoms with E-state index in [4.69, 9.17) is 0 Å². The summed E-state index contributed by atoms with van der Waals surface area (Å²) in [5, 5.41) is 13.5. The van der Waals surface area contributed by atoms with Crippen molar-refractivity contribution in [2.24, 2.45) is 0 Å². The highest BCUT2D eigenvalue weighted by molar-refractivity contribution is 9.11. The second kappa shape index (κ2) is 7.43. The van der Waals surface area contributed by atoms with Crippen molar-refractivity contribution in [1.82, 2.24) is 0 Å². The van der Waals surface area contributed by atoms with E-state index in [1.807, 2.05) is 30.3 Å². The van der Waals surface area contributed by atoms with Gasteiger partial charge in [0.05, 0.1) is 6.10 Å². The number of halogens is 2. The molecular formula is C17H19Br2NO. The summed E-state index contributed by atoms with van der Waals surface area (Å²) in [6.45, 7) is 4.80. The molecule has 0 aliphatic heterocycles. The molecule has 2 aromatic carbocycles. The van der Waals surface area contributed by atoms with Crippen LogP contribution in [0.1, 0.15) is 37.0 Å². The Morgan fingerprint density at radius 3 is 2.19 bits per heavy atom. The zero-order chi connectivity index (χ0) is 15.4. The summed E-state index contributed by atoms with van der Waals surface area (Å²) in [7, 11) is 0. The first-order valence-electron chi connectivity index (χ1n) is 6.94. The molecule has 0 radical (unpaired) electrons. The molecule has 0 saturated heterocycles. The van der Waals surface area contributed by atoms with Gasteiger partial charge in [-0.05, 0) is 51.2 Å². The van der Waals surface area contributed by atoms with Gasteiger partial charge in [0.1, 0.15) is 0 Å². The van der Waals surface area contributed by atoms with Gasteiger partial charge in [0, 0.05) is 21.2 Å². The van der Waals surface area contributed by atoms with Gasteiger partial charge in [-0.1, -0.05) is 54.0 Å². The molecule has 0 aromatic heterocycles. The largest absolute Gasteiger partial charge is 0.387 e. The summed E-state index contributed by atoms with van der Waals surface area (Å²) >= 11 is 6.93. The summed E-state index contributed by atoms with van der Waals surface area (Å²) in [6, 6.07) is 14.1. The van der Waals surface area contributed by atoms with E-state index in [1.165, 1.54) is 5.56 Å². The van der Waals surface area contributed by atoms with Crippen LogP contribution in [0.4, 0.5) is 5.69 Å². The number of aliphatic hydroxyl groups is 1. The number of nitrogens with one attached hydrogen (secondary N) is 1. The number of aliphatic hydroxyl groups excluding tert-OH is 1. The molecular weight excluding hydrogens is 394 g/mol. The maximum Gasteiger partial charge on any atom is 0.0962 e. The van der Waals surface area contributed by atoms with Crippen molar-refractivity contribution in [1.29, 1.82) is 0 Å². The van der Waals surface area contributed by atoms with E-state index < -0.39 is 6.10 Å². The fourth-order valence-corrected chi connectivity index (χ4v) is 3.25. The van der Waals surface area contributed by atoms with E-state index >= 15 is 0 Å². The van der Waals surface area contributed by atoms with Gasteiger partial charge in [0.25, 0.3) is 0 Å². The molecule has 0 aliphatic rings. The molecule has 0 saturated carbocycles. The van der Waals surface area contributed by atoms with Crippen LogP contribution in [0.2, 0.25) is 0 Å². The van der Waals surface area contributed by atoms with Crippen molar-refractivity contribution < 1.29 is 5.11 Å². The number of anilines is 1. The second-order valence-electron chi connectivity index (χ2n) is 5.34. The minimum absolute atomic E-state index is 0.473. The van der Waals surface area contributed by atoms with Gasteiger partial charge in [-0.25, -0.2) is 0 Å². The Morgan fingerprint density at radius 2 is 1.62 bits per heavy atom. The molecule has 0 heterocycles. The molecule has 1 unspecified atom stereocenters. The molecule has 112 valence electrons. The van der Waals surface area contributed by atoms with Crippen molar-refractivity contribution in [3.8, 4) is 0 Å². The van der Waals surface area contributed by atoms with Crippen LogP contribution < -0.4 is 5.32 Å². The number of rotatable bonds is 5. The van der Waals surface area contributed by atoms with E-state index in [1.54, 1.807) is 0 Å². The average Bonchev–Trinajstić information content (AvgIpc) is 2.46. The van der Waals surface area contributed by atoms with E-state index in [2.05, 4.69) is 63.2 Å². The molecule has 0 aliphatic carbocycles. The third kappa shape index (κ3) is 4.56. The van der Waals surface area contributed by atoms with Gasteiger partial charge < -0.3 is 10.4 Å². The zero-order valence-electron chi connectivity index (χ0n) is 12.1. The zero-order valence-corrected chi connectivity index (χ0v) is 15.3. The van der Waals surface area contributed by atoms with E-state index in [-0.39, 0.29) is 0 Å². The maximum absolute atomic E-state index is 10.3. The monoisotopic (exact) mass is 411 g/mol. The molecule has 1 atom stereocenters. The quantitative estimate of drug-likeness (QED) is 0.681. The van der Waals surface area contributed by atoms with Crippen molar-refractivity contribution in [2.45, 2.75) is 25.9 Å². The Kier molecular flexibility index (Phi) is 5.85. The lowest BCUT2D eigenvalue weighted by Gasteiger charge is -2.15. The van der Waals surface area contributed by atoms with Crippen LogP contribution in [0, 0.1) is 0 Å². The number of hydrogen-bond donors (Lipinski definition) is 2. The van der Waals surface area contributed by atoms with Gasteiger partial charge in [0.2, 0.25) is 0 Å². The van der Waals surface area contributed by atoms with Crippen LogP contribution in [-0.4, -0.2) is 11.7 Å². The lowest BCUT2D eigenvalue weighted by molar-refractivity contribution is 0.191. The number of benzene rings is 2. The standard InChI is InChI=1S/C17H19Br2NO/c1-11(2)12-3-5-13(6-4-12)17(21)10-20-16-8-7-14(18)9-15(16)19/h3-9,11,17,20-21H,10H2,1-2H3. The highest BCUT2D eigenvalue weighted by Gasteiger charge is 2.09. The Bertz CT molecular complexity index is 596. The van der Waals surface area contributed by atoms with Crippen molar-refractivity contribution in [2.75, 3.05) is 11.9 Å². The van der Waals surface area contributed by atoms with Crippen LogP contribution in [0.3, 0.4) is 0 Å². The minimum atomic E-state index is -0.526. The topological polar surface area (TPSA) is 32.3 Å². The number of hydrogen-bond acceptors (Lipinski definition) is 2. The van der Waals surface area contributed by atoms with E-state index in [0.29, 0.717) is 12.5 Å².